The van der Waals surface area contributed by atoms with Gasteiger partial charge in [0.25, 0.3) is 5.91 Å². The zero-order valence-electron chi connectivity index (χ0n) is 16.9. The van der Waals surface area contributed by atoms with Crippen LogP contribution in [0.2, 0.25) is 0 Å². The van der Waals surface area contributed by atoms with E-state index in [1.807, 2.05) is 30.3 Å². The highest BCUT2D eigenvalue weighted by atomic mass is 32.2. The summed E-state index contributed by atoms with van der Waals surface area (Å²) in [6.45, 7) is 0. The summed E-state index contributed by atoms with van der Waals surface area (Å²) in [5, 5.41) is 9.02. The first-order valence-electron chi connectivity index (χ1n) is 9.55. The van der Waals surface area contributed by atoms with E-state index in [0.717, 1.165) is 4.31 Å². The third-order valence-electron chi connectivity index (χ3n) is 4.78. The van der Waals surface area contributed by atoms with E-state index in [4.69, 9.17) is 19.4 Å². The molecule has 0 aromatic heterocycles. The van der Waals surface area contributed by atoms with Gasteiger partial charge < -0.3 is 14.2 Å². The number of para-hydroxylation sites is 1. The van der Waals surface area contributed by atoms with Crippen LogP contribution in [0.1, 0.15) is 0 Å². The lowest BCUT2D eigenvalue weighted by Crippen LogP contribution is -2.29. The molecule has 1 aliphatic rings. The van der Waals surface area contributed by atoms with Crippen molar-refractivity contribution in [3.8, 4) is 23.0 Å². The number of rotatable bonds is 8. The van der Waals surface area contributed by atoms with Gasteiger partial charge in [0.1, 0.15) is 23.0 Å². The average molecular weight is 456 g/mol. The molecule has 1 fully saturated rings. The van der Waals surface area contributed by atoms with Crippen LogP contribution in [0.15, 0.2) is 83.8 Å². The van der Waals surface area contributed by atoms with Crippen molar-refractivity contribution >= 4 is 15.9 Å². The highest BCUT2D eigenvalue weighted by molar-refractivity contribution is 7.89. The molecule has 1 aliphatic heterocycles. The number of sulfonamides is 1. The Kier molecular flexibility index (Phi) is 5.99. The Labute approximate surface area is 184 Å². The Morgan fingerprint density at radius 2 is 1.44 bits per heavy atom. The number of nitrogens with zero attached hydrogens (tertiary/aromatic N) is 1. The minimum absolute atomic E-state index is 0.0354. The zero-order chi connectivity index (χ0) is 22.7. The van der Waals surface area contributed by atoms with Gasteiger partial charge in [-0.25, -0.2) is 13.9 Å². The van der Waals surface area contributed by atoms with E-state index in [1.54, 1.807) is 24.3 Å². The topological polar surface area (TPSA) is 114 Å². The maximum Gasteiger partial charge on any atom is 0.267 e. The zero-order valence-corrected chi connectivity index (χ0v) is 17.7. The summed E-state index contributed by atoms with van der Waals surface area (Å²) in [5.74, 6) is 1.16. The summed E-state index contributed by atoms with van der Waals surface area (Å²) in [7, 11) is -2.59. The third-order valence-corrected chi connectivity index (χ3v) is 6.64. The fourth-order valence-corrected chi connectivity index (χ4v) is 4.72. The summed E-state index contributed by atoms with van der Waals surface area (Å²) >= 11 is 0. The van der Waals surface area contributed by atoms with Crippen molar-refractivity contribution in [2.45, 2.75) is 17.2 Å². The Hall–Kier alpha value is -3.60. The smallest absolute Gasteiger partial charge is 0.267 e. The van der Waals surface area contributed by atoms with Gasteiger partial charge in [-0.1, -0.05) is 18.2 Å². The number of methoxy groups -OCH3 is 1. The summed E-state index contributed by atoms with van der Waals surface area (Å²) in [6, 6.07) is 20.3. The monoisotopic (exact) mass is 456 g/mol. The summed E-state index contributed by atoms with van der Waals surface area (Å²) < 4.78 is 43.4. The third kappa shape index (κ3) is 4.37. The van der Waals surface area contributed by atoms with E-state index in [-0.39, 0.29) is 4.90 Å². The predicted molar refractivity (Wildman–Crippen MR) is 113 cm³/mol. The van der Waals surface area contributed by atoms with Crippen LogP contribution in [0.25, 0.3) is 0 Å². The molecule has 0 bridgehead atoms. The number of benzene rings is 3. The lowest BCUT2D eigenvalue weighted by Gasteiger charge is -2.09. The SMILES string of the molecule is COc1ccc(S(=O)(=O)N2[C@@H](Oc3ccc(Oc4ccccc4)cc3)[C@@H]2C(=O)NO)cc1. The Morgan fingerprint density at radius 1 is 0.875 bits per heavy atom. The number of hydrogen-bond acceptors (Lipinski definition) is 7. The Morgan fingerprint density at radius 3 is 2.03 bits per heavy atom. The van der Waals surface area contributed by atoms with Crippen molar-refractivity contribution in [3.63, 3.8) is 0 Å². The molecule has 1 heterocycles. The number of ether oxygens (including phenoxy) is 3. The normalized spacial score (nSPS) is 19.6. The van der Waals surface area contributed by atoms with Crippen LogP contribution < -0.4 is 19.7 Å². The molecule has 2 N–H and O–H groups in total. The maximum absolute atomic E-state index is 13.0. The second kappa shape index (κ2) is 8.87. The first-order chi connectivity index (χ1) is 15.4. The highest BCUT2D eigenvalue weighted by Crippen LogP contribution is 2.38. The quantitative estimate of drug-likeness (QED) is 0.304. The maximum atomic E-state index is 13.0. The second-order valence-corrected chi connectivity index (χ2v) is 8.67. The van der Waals surface area contributed by atoms with E-state index in [2.05, 4.69) is 0 Å². The van der Waals surface area contributed by atoms with Crippen LogP contribution in [-0.4, -0.2) is 43.2 Å². The number of hydrogen-bond donors (Lipinski definition) is 2. The molecule has 1 unspecified atom stereocenters. The largest absolute Gasteiger partial charge is 0.497 e. The fraction of sp³-hybridized carbons (Fsp3) is 0.136. The predicted octanol–water partition coefficient (Wildman–Crippen LogP) is 2.77. The minimum Gasteiger partial charge on any atom is -0.497 e. The average Bonchev–Trinajstić information content (AvgIpc) is 3.55. The number of carbonyl (C=O) groups excluding carboxylic acids is 1. The van der Waals surface area contributed by atoms with Crippen LogP contribution in [0.5, 0.6) is 23.0 Å². The number of hydroxylamine groups is 1. The van der Waals surface area contributed by atoms with Crippen LogP contribution >= 0.6 is 0 Å². The number of amides is 1. The van der Waals surface area contributed by atoms with Crippen molar-refractivity contribution in [1.82, 2.24) is 9.79 Å². The van der Waals surface area contributed by atoms with Gasteiger partial charge in [-0.15, -0.1) is 4.31 Å². The molecule has 4 rings (SSSR count). The van der Waals surface area contributed by atoms with Crippen LogP contribution in [-0.2, 0) is 14.8 Å². The molecular formula is C22H20N2O7S. The number of carbonyl (C=O) groups is 1. The lowest BCUT2D eigenvalue weighted by molar-refractivity contribution is -0.129. The van der Waals surface area contributed by atoms with E-state index >= 15 is 0 Å². The lowest BCUT2D eigenvalue weighted by atomic mass is 10.3. The van der Waals surface area contributed by atoms with Crippen molar-refractivity contribution in [3.05, 3.63) is 78.9 Å². The Bertz CT molecular complexity index is 1180. The molecule has 10 heteroatoms. The molecule has 32 heavy (non-hydrogen) atoms. The number of nitrogens with one attached hydrogen (secondary N) is 1. The molecule has 166 valence electrons. The van der Waals surface area contributed by atoms with Crippen molar-refractivity contribution in [1.29, 1.82) is 0 Å². The van der Waals surface area contributed by atoms with E-state index < -0.39 is 28.2 Å². The molecule has 3 atom stereocenters. The van der Waals surface area contributed by atoms with E-state index in [9.17, 15) is 13.2 Å². The highest BCUT2D eigenvalue weighted by Gasteiger charge is 2.62. The molecule has 3 aromatic carbocycles. The van der Waals surface area contributed by atoms with Gasteiger partial charge in [0, 0.05) is 0 Å². The minimum atomic E-state index is -4.06. The van der Waals surface area contributed by atoms with Crippen molar-refractivity contribution < 1.29 is 32.6 Å². The van der Waals surface area contributed by atoms with Gasteiger partial charge in [0.15, 0.2) is 12.3 Å². The van der Waals surface area contributed by atoms with E-state index in [1.165, 1.54) is 36.9 Å². The van der Waals surface area contributed by atoms with Gasteiger partial charge in [0.05, 0.1) is 12.0 Å². The van der Waals surface area contributed by atoms with Gasteiger partial charge >= 0.3 is 0 Å². The molecule has 9 nitrogen and oxygen atoms in total. The van der Waals surface area contributed by atoms with Crippen molar-refractivity contribution in [2.75, 3.05) is 7.11 Å². The van der Waals surface area contributed by atoms with Crippen molar-refractivity contribution in [2.24, 2.45) is 0 Å². The van der Waals surface area contributed by atoms with Crippen LogP contribution in [0.4, 0.5) is 0 Å². The molecular weight excluding hydrogens is 436 g/mol. The molecule has 0 radical (unpaired) electrons. The molecule has 0 spiro atoms. The van der Waals surface area contributed by atoms with Crippen LogP contribution in [0, 0.1) is 0 Å². The molecule has 1 saturated heterocycles. The van der Waals surface area contributed by atoms with Crippen LogP contribution in [0.3, 0.4) is 0 Å². The molecule has 1 amide bonds. The van der Waals surface area contributed by atoms with Gasteiger partial charge in [-0.3, -0.25) is 10.0 Å². The first kappa shape index (κ1) is 21.6. The summed E-state index contributed by atoms with van der Waals surface area (Å²) in [6.07, 6.45) is -1.12. The molecule has 3 aromatic rings. The molecule has 0 aliphatic carbocycles. The second-order valence-electron chi connectivity index (χ2n) is 6.83. The fourth-order valence-electron chi connectivity index (χ4n) is 3.12. The van der Waals surface area contributed by atoms with Gasteiger partial charge in [-0.2, -0.15) is 0 Å². The summed E-state index contributed by atoms with van der Waals surface area (Å²) in [4.78, 5) is 12.0. The van der Waals surface area contributed by atoms with Gasteiger partial charge in [-0.05, 0) is 60.7 Å². The standard InChI is InChI=1S/C22H20N2O7S/c1-29-15-11-13-19(14-12-15)32(27,28)24-20(21(25)23-26)22(24)31-18-9-7-17(8-10-18)30-16-5-3-2-4-6-16/h2-14,20,22,26H,1H3,(H,23,25)/t20-,22-,24?/m0/s1. The van der Waals surface area contributed by atoms with Gasteiger partial charge in [0.2, 0.25) is 10.0 Å². The molecule has 0 saturated carbocycles. The Balaban J connectivity index is 1.50. The summed E-state index contributed by atoms with van der Waals surface area (Å²) in [5.41, 5.74) is 1.49. The first-order valence-corrected chi connectivity index (χ1v) is 11.0. The van der Waals surface area contributed by atoms with E-state index in [0.29, 0.717) is 23.0 Å².